The van der Waals surface area contributed by atoms with Gasteiger partial charge in [-0.2, -0.15) is 0 Å². The first kappa shape index (κ1) is 13.5. The Hall–Kier alpha value is -0.570. The number of nitrogens with zero attached hydrogens (tertiary/aromatic N) is 1. The normalized spacial score (nSPS) is 22.2. The predicted octanol–water partition coefficient (Wildman–Crippen LogP) is 2.16. The minimum atomic E-state index is -0.125. The van der Waals surface area contributed by atoms with Gasteiger partial charge in [-0.1, -0.05) is 0 Å². The quantitative estimate of drug-likeness (QED) is 0.743. The van der Waals surface area contributed by atoms with Crippen LogP contribution < -0.4 is 5.32 Å². The molecule has 0 aromatic heterocycles. The van der Waals surface area contributed by atoms with Crippen molar-refractivity contribution < 1.29 is 4.79 Å². The summed E-state index contributed by atoms with van der Waals surface area (Å²) in [4.78, 5) is 14.5. The molecule has 0 radical (unpaired) electrons. The van der Waals surface area contributed by atoms with E-state index in [-0.39, 0.29) is 23.0 Å². The van der Waals surface area contributed by atoms with Gasteiger partial charge >= 0.3 is 0 Å². The molecule has 1 atom stereocenters. The van der Waals surface area contributed by atoms with Crippen molar-refractivity contribution in [2.75, 3.05) is 6.54 Å². The zero-order chi connectivity index (χ0) is 12.6. The smallest absolute Gasteiger partial charge is 0.240 e. The van der Waals surface area contributed by atoms with E-state index in [1.165, 1.54) is 0 Å². The van der Waals surface area contributed by atoms with Crippen molar-refractivity contribution in [2.24, 2.45) is 0 Å². The summed E-state index contributed by atoms with van der Waals surface area (Å²) < 4.78 is 0. The summed E-state index contributed by atoms with van der Waals surface area (Å²) >= 11 is 0. The van der Waals surface area contributed by atoms with E-state index in [2.05, 4.69) is 46.9 Å². The van der Waals surface area contributed by atoms with Gasteiger partial charge in [-0.05, 0) is 60.9 Å². The van der Waals surface area contributed by atoms with E-state index in [0.29, 0.717) is 0 Å². The molecule has 1 fully saturated rings. The van der Waals surface area contributed by atoms with Crippen molar-refractivity contribution >= 4 is 5.91 Å². The van der Waals surface area contributed by atoms with Crippen LogP contribution in [-0.4, -0.2) is 34.5 Å². The largest absolute Gasteiger partial charge is 0.332 e. The summed E-state index contributed by atoms with van der Waals surface area (Å²) in [5, 5.41) is 3.29. The van der Waals surface area contributed by atoms with Gasteiger partial charge in [0.1, 0.15) is 0 Å². The molecule has 1 rings (SSSR count). The van der Waals surface area contributed by atoms with E-state index in [4.69, 9.17) is 0 Å². The van der Waals surface area contributed by atoms with Gasteiger partial charge in [0.25, 0.3) is 0 Å². The standard InChI is InChI=1S/C13H26N2O/c1-12(2,3)15(13(4,5)6)11(16)10-8-7-9-14-10/h10,14H,7-9H2,1-6H3/t10-/m0/s1. The molecule has 1 saturated heterocycles. The molecule has 1 amide bonds. The van der Waals surface area contributed by atoms with Crippen LogP contribution in [0.5, 0.6) is 0 Å². The molecule has 1 heterocycles. The molecular weight excluding hydrogens is 200 g/mol. The number of nitrogens with one attached hydrogen (secondary N) is 1. The Labute approximate surface area is 99.6 Å². The van der Waals surface area contributed by atoms with E-state index in [1.54, 1.807) is 0 Å². The summed E-state index contributed by atoms with van der Waals surface area (Å²) in [7, 11) is 0. The second-order valence-corrected chi connectivity index (χ2v) is 6.66. The SMILES string of the molecule is CC(C)(C)N(C(=O)[C@@H]1CCCN1)C(C)(C)C. The first-order chi connectivity index (χ1) is 7.14. The van der Waals surface area contributed by atoms with E-state index in [1.807, 2.05) is 4.90 Å². The molecule has 3 nitrogen and oxygen atoms in total. The second kappa shape index (κ2) is 4.36. The maximum Gasteiger partial charge on any atom is 0.240 e. The van der Waals surface area contributed by atoms with Gasteiger partial charge < -0.3 is 10.2 Å². The highest BCUT2D eigenvalue weighted by Crippen LogP contribution is 2.27. The monoisotopic (exact) mass is 226 g/mol. The van der Waals surface area contributed by atoms with Crippen molar-refractivity contribution in [1.29, 1.82) is 0 Å². The van der Waals surface area contributed by atoms with Crippen LogP contribution in [0.15, 0.2) is 0 Å². The van der Waals surface area contributed by atoms with Gasteiger partial charge in [0, 0.05) is 11.1 Å². The molecule has 0 aromatic rings. The second-order valence-electron chi connectivity index (χ2n) is 6.66. The molecule has 0 unspecified atom stereocenters. The molecule has 16 heavy (non-hydrogen) atoms. The lowest BCUT2D eigenvalue weighted by Crippen LogP contribution is -2.59. The Morgan fingerprint density at radius 2 is 1.62 bits per heavy atom. The fraction of sp³-hybridized carbons (Fsp3) is 0.923. The van der Waals surface area contributed by atoms with Crippen LogP contribution in [0.25, 0.3) is 0 Å². The van der Waals surface area contributed by atoms with Crippen molar-refractivity contribution in [3.05, 3.63) is 0 Å². The summed E-state index contributed by atoms with van der Waals surface area (Å²) in [5.41, 5.74) is -0.251. The zero-order valence-corrected chi connectivity index (χ0v) is 11.6. The van der Waals surface area contributed by atoms with Crippen molar-refractivity contribution in [3.8, 4) is 0 Å². The first-order valence-electron chi connectivity index (χ1n) is 6.21. The molecule has 0 saturated carbocycles. The minimum absolute atomic E-state index is 0.0263. The summed E-state index contributed by atoms with van der Waals surface area (Å²) in [5.74, 6) is 0.248. The maximum atomic E-state index is 12.5. The van der Waals surface area contributed by atoms with Crippen LogP contribution in [-0.2, 0) is 4.79 Å². The lowest BCUT2D eigenvalue weighted by atomic mass is 9.94. The Morgan fingerprint density at radius 3 is 1.94 bits per heavy atom. The van der Waals surface area contributed by atoms with Crippen molar-refractivity contribution in [3.63, 3.8) is 0 Å². The molecule has 1 aliphatic rings. The average Bonchev–Trinajstić information content (AvgIpc) is 2.48. The maximum absolute atomic E-state index is 12.5. The molecule has 1 aliphatic heterocycles. The molecule has 0 spiro atoms. The summed E-state index contributed by atoms with van der Waals surface area (Å²) in [6.45, 7) is 13.6. The molecule has 3 heteroatoms. The zero-order valence-electron chi connectivity index (χ0n) is 11.6. The van der Waals surface area contributed by atoms with E-state index >= 15 is 0 Å². The summed E-state index contributed by atoms with van der Waals surface area (Å²) in [6.07, 6.45) is 2.08. The number of hydrogen-bond acceptors (Lipinski definition) is 2. The Kier molecular flexibility index (Phi) is 3.68. The van der Waals surface area contributed by atoms with Crippen LogP contribution in [0.2, 0.25) is 0 Å². The number of amides is 1. The van der Waals surface area contributed by atoms with Gasteiger partial charge in [0.05, 0.1) is 6.04 Å². The van der Waals surface area contributed by atoms with Crippen LogP contribution in [0.1, 0.15) is 54.4 Å². The van der Waals surface area contributed by atoms with E-state index < -0.39 is 0 Å². The van der Waals surface area contributed by atoms with Crippen LogP contribution >= 0.6 is 0 Å². The molecular formula is C13H26N2O. The molecule has 0 bridgehead atoms. The third-order valence-corrected chi connectivity index (χ3v) is 2.92. The average molecular weight is 226 g/mol. The molecule has 0 aromatic carbocycles. The van der Waals surface area contributed by atoms with Gasteiger partial charge in [0.15, 0.2) is 0 Å². The first-order valence-corrected chi connectivity index (χ1v) is 6.21. The fourth-order valence-electron chi connectivity index (χ4n) is 2.72. The Morgan fingerprint density at radius 1 is 1.12 bits per heavy atom. The lowest BCUT2D eigenvalue weighted by molar-refractivity contribution is -0.144. The highest BCUT2D eigenvalue weighted by atomic mass is 16.2. The van der Waals surface area contributed by atoms with Crippen LogP contribution in [0.3, 0.4) is 0 Å². The topological polar surface area (TPSA) is 32.3 Å². The third-order valence-electron chi connectivity index (χ3n) is 2.92. The van der Waals surface area contributed by atoms with Gasteiger partial charge in [0.2, 0.25) is 5.91 Å². The highest BCUT2D eigenvalue weighted by Gasteiger charge is 2.39. The van der Waals surface area contributed by atoms with E-state index in [0.717, 1.165) is 19.4 Å². The van der Waals surface area contributed by atoms with Gasteiger partial charge in [-0.15, -0.1) is 0 Å². The van der Waals surface area contributed by atoms with Crippen LogP contribution in [0, 0.1) is 0 Å². The van der Waals surface area contributed by atoms with Crippen LogP contribution in [0.4, 0.5) is 0 Å². The lowest BCUT2D eigenvalue weighted by Gasteiger charge is -2.46. The number of carbonyl (C=O) groups is 1. The number of hydrogen-bond donors (Lipinski definition) is 1. The molecule has 0 aliphatic carbocycles. The van der Waals surface area contributed by atoms with Gasteiger partial charge in [-0.3, -0.25) is 4.79 Å². The highest BCUT2D eigenvalue weighted by molar-refractivity contribution is 5.83. The fourth-order valence-corrected chi connectivity index (χ4v) is 2.72. The van der Waals surface area contributed by atoms with Gasteiger partial charge in [-0.25, -0.2) is 0 Å². The van der Waals surface area contributed by atoms with Crippen molar-refractivity contribution in [1.82, 2.24) is 10.2 Å². The number of rotatable bonds is 1. The van der Waals surface area contributed by atoms with E-state index in [9.17, 15) is 4.79 Å². The summed E-state index contributed by atoms with van der Waals surface area (Å²) in [6, 6.07) is 0.0263. The Balaban J connectivity index is 2.89. The van der Waals surface area contributed by atoms with Crippen molar-refractivity contribution in [2.45, 2.75) is 71.5 Å². The minimum Gasteiger partial charge on any atom is -0.332 e. The molecule has 1 N–H and O–H groups in total. The predicted molar refractivity (Wildman–Crippen MR) is 67.4 cm³/mol. The Bertz CT molecular complexity index is 240. The third kappa shape index (κ3) is 2.97. The molecule has 94 valence electrons. The number of carbonyl (C=O) groups excluding carboxylic acids is 1.